The maximum atomic E-state index is 13.2. The third-order valence-electron chi connectivity index (χ3n) is 3.72. The molecule has 0 amide bonds. The summed E-state index contributed by atoms with van der Waals surface area (Å²) < 4.78 is 18.7. The lowest BCUT2D eigenvalue weighted by molar-refractivity contribution is 0.268. The predicted octanol–water partition coefficient (Wildman–Crippen LogP) is 4.15. The van der Waals surface area contributed by atoms with Gasteiger partial charge in [-0.05, 0) is 30.9 Å². The highest BCUT2D eigenvalue weighted by atomic mass is 19.1. The van der Waals surface area contributed by atoms with Gasteiger partial charge in [-0.3, -0.25) is 0 Å². The summed E-state index contributed by atoms with van der Waals surface area (Å²) in [5.41, 5.74) is 5.58. The molecule has 1 fully saturated rings. The molecule has 0 saturated heterocycles. The smallest absolute Gasteiger partial charge is 0.149 e. The number of nitrogen functional groups attached to an aromatic ring is 1. The summed E-state index contributed by atoms with van der Waals surface area (Å²) in [6, 6.07) is 4.63. The molecule has 0 spiro atoms. The molecule has 1 saturated carbocycles. The minimum absolute atomic E-state index is 0.171. The van der Waals surface area contributed by atoms with Crippen molar-refractivity contribution in [1.29, 1.82) is 0 Å². The Labute approximate surface area is 108 Å². The molecule has 0 aromatic heterocycles. The number of benzene rings is 1. The van der Waals surface area contributed by atoms with Gasteiger partial charge >= 0.3 is 0 Å². The third kappa shape index (κ3) is 3.90. The van der Waals surface area contributed by atoms with Crippen molar-refractivity contribution >= 4 is 5.69 Å². The zero-order valence-electron chi connectivity index (χ0n) is 10.8. The largest absolute Gasteiger partial charge is 0.493 e. The number of hydrogen-bond donors (Lipinski definition) is 1. The van der Waals surface area contributed by atoms with Gasteiger partial charge in [0.2, 0.25) is 0 Å². The van der Waals surface area contributed by atoms with Crippen LogP contribution in [0.5, 0.6) is 5.75 Å². The highest BCUT2D eigenvalue weighted by molar-refractivity contribution is 5.43. The van der Waals surface area contributed by atoms with Crippen LogP contribution in [0.2, 0.25) is 0 Å². The molecule has 2 nitrogen and oxygen atoms in total. The third-order valence-corrected chi connectivity index (χ3v) is 3.72. The van der Waals surface area contributed by atoms with Gasteiger partial charge < -0.3 is 10.5 Å². The molecule has 100 valence electrons. The van der Waals surface area contributed by atoms with Crippen molar-refractivity contribution in [3.05, 3.63) is 24.0 Å². The molecule has 0 bridgehead atoms. The molecule has 1 aromatic carbocycles. The van der Waals surface area contributed by atoms with Crippen molar-refractivity contribution in [1.82, 2.24) is 0 Å². The number of anilines is 1. The number of rotatable bonds is 5. The van der Waals surface area contributed by atoms with E-state index in [0.717, 1.165) is 12.3 Å². The zero-order valence-corrected chi connectivity index (χ0v) is 10.8. The van der Waals surface area contributed by atoms with Crippen molar-refractivity contribution in [3.8, 4) is 5.75 Å². The first kappa shape index (κ1) is 13.2. The first-order valence-corrected chi connectivity index (χ1v) is 6.93. The zero-order chi connectivity index (χ0) is 12.8. The van der Waals surface area contributed by atoms with Crippen LogP contribution >= 0.6 is 0 Å². The molecular weight excluding hydrogens is 229 g/mol. The topological polar surface area (TPSA) is 35.2 Å². The minimum atomic E-state index is -0.403. The second-order valence-electron chi connectivity index (χ2n) is 5.18. The molecule has 3 heteroatoms. The maximum Gasteiger partial charge on any atom is 0.149 e. The van der Waals surface area contributed by atoms with Crippen LogP contribution in [0.25, 0.3) is 0 Å². The van der Waals surface area contributed by atoms with E-state index < -0.39 is 5.82 Å². The summed E-state index contributed by atoms with van der Waals surface area (Å²) in [5.74, 6) is 1.05. The van der Waals surface area contributed by atoms with Crippen molar-refractivity contribution in [2.75, 3.05) is 12.3 Å². The normalized spacial score (nSPS) is 16.7. The van der Waals surface area contributed by atoms with Crippen molar-refractivity contribution in [3.63, 3.8) is 0 Å². The lowest BCUT2D eigenvalue weighted by Gasteiger charge is -2.21. The molecule has 0 unspecified atom stereocenters. The van der Waals surface area contributed by atoms with Gasteiger partial charge in [0.1, 0.15) is 11.6 Å². The summed E-state index contributed by atoms with van der Waals surface area (Å²) in [4.78, 5) is 0. The number of nitrogens with two attached hydrogens (primary N) is 1. The number of halogens is 1. The van der Waals surface area contributed by atoms with Crippen LogP contribution in [0.1, 0.15) is 44.9 Å². The summed E-state index contributed by atoms with van der Waals surface area (Å²) in [5, 5.41) is 0. The number of hydrogen-bond acceptors (Lipinski definition) is 2. The molecule has 0 heterocycles. The fraction of sp³-hybridized carbons (Fsp3) is 0.600. The SMILES string of the molecule is Nc1ccc(OCCCC2CCCCC2)cc1F. The lowest BCUT2D eigenvalue weighted by atomic mass is 9.86. The monoisotopic (exact) mass is 251 g/mol. The summed E-state index contributed by atoms with van der Waals surface area (Å²) >= 11 is 0. The highest BCUT2D eigenvalue weighted by Gasteiger charge is 2.12. The van der Waals surface area contributed by atoms with E-state index >= 15 is 0 Å². The Morgan fingerprint density at radius 1 is 1.22 bits per heavy atom. The Balaban J connectivity index is 1.66. The van der Waals surface area contributed by atoms with Crippen LogP contribution in [-0.2, 0) is 0 Å². The Morgan fingerprint density at radius 3 is 2.72 bits per heavy atom. The van der Waals surface area contributed by atoms with E-state index in [0.29, 0.717) is 12.4 Å². The van der Waals surface area contributed by atoms with Gasteiger partial charge in [0, 0.05) is 6.07 Å². The fourth-order valence-corrected chi connectivity index (χ4v) is 2.64. The Hall–Kier alpha value is -1.25. The summed E-state index contributed by atoms with van der Waals surface area (Å²) in [6.07, 6.45) is 9.20. The number of ether oxygens (including phenoxy) is 1. The molecular formula is C15H22FNO. The van der Waals surface area contributed by atoms with Crippen molar-refractivity contribution in [2.24, 2.45) is 5.92 Å². The molecule has 0 atom stereocenters. The van der Waals surface area contributed by atoms with Crippen LogP contribution in [0, 0.1) is 11.7 Å². The molecule has 0 radical (unpaired) electrons. The van der Waals surface area contributed by atoms with Crippen LogP contribution in [0.4, 0.5) is 10.1 Å². The van der Waals surface area contributed by atoms with E-state index in [-0.39, 0.29) is 5.69 Å². The quantitative estimate of drug-likeness (QED) is 0.630. The molecule has 1 aliphatic carbocycles. The summed E-state index contributed by atoms with van der Waals surface area (Å²) in [7, 11) is 0. The highest BCUT2D eigenvalue weighted by Crippen LogP contribution is 2.27. The van der Waals surface area contributed by atoms with Crippen LogP contribution in [-0.4, -0.2) is 6.61 Å². The minimum Gasteiger partial charge on any atom is -0.493 e. The van der Waals surface area contributed by atoms with Gasteiger partial charge in [-0.2, -0.15) is 0 Å². The first-order chi connectivity index (χ1) is 8.75. The second kappa shape index (κ2) is 6.62. The fourth-order valence-electron chi connectivity index (χ4n) is 2.64. The molecule has 2 rings (SSSR count). The van der Waals surface area contributed by atoms with Gasteiger partial charge in [-0.1, -0.05) is 32.1 Å². The lowest BCUT2D eigenvalue weighted by Crippen LogP contribution is -2.08. The van der Waals surface area contributed by atoms with Crippen molar-refractivity contribution in [2.45, 2.75) is 44.9 Å². The van der Waals surface area contributed by atoms with Gasteiger partial charge in [0.15, 0.2) is 0 Å². The van der Waals surface area contributed by atoms with Crippen molar-refractivity contribution < 1.29 is 9.13 Å². The van der Waals surface area contributed by atoms with Crippen LogP contribution < -0.4 is 10.5 Å². The standard InChI is InChI=1S/C15H22FNO/c16-14-11-13(8-9-15(14)17)18-10-4-7-12-5-2-1-3-6-12/h8-9,11-12H,1-7,10,17H2. The first-order valence-electron chi connectivity index (χ1n) is 6.93. The van der Waals surface area contributed by atoms with Gasteiger partial charge in [-0.15, -0.1) is 0 Å². The average molecular weight is 251 g/mol. The molecule has 18 heavy (non-hydrogen) atoms. The van der Waals surface area contributed by atoms with Crippen LogP contribution in [0.15, 0.2) is 18.2 Å². The second-order valence-corrected chi connectivity index (χ2v) is 5.18. The average Bonchev–Trinajstić information content (AvgIpc) is 2.40. The van der Waals surface area contributed by atoms with Gasteiger partial charge in [0.05, 0.1) is 12.3 Å². The summed E-state index contributed by atoms with van der Waals surface area (Å²) in [6.45, 7) is 0.667. The molecule has 0 aliphatic heterocycles. The maximum absolute atomic E-state index is 13.2. The van der Waals surface area contributed by atoms with Crippen LogP contribution in [0.3, 0.4) is 0 Å². The van der Waals surface area contributed by atoms with Gasteiger partial charge in [-0.25, -0.2) is 4.39 Å². The van der Waals surface area contributed by atoms with E-state index in [9.17, 15) is 4.39 Å². The molecule has 1 aromatic rings. The van der Waals surface area contributed by atoms with E-state index in [1.54, 1.807) is 12.1 Å². The Morgan fingerprint density at radius 2 is 2.00 bits per heavy atom. The molecule has 2 N–H and O–H groups in total. The molecule has 1 aliphatic rings. The Kier molecular flexibility index (Phi) is 4.85. The Bertz CT molecular complexity index is 375. The van der Waals surface area contributed by atoms with E-state index in [1.807, 2.05) is 0 Å². The van der Waals surface area contributed by atoms with Gasteiger partial charge in [0.25, 0.3) is 0 Å². The van der Waals surface area contributed by atoms with E-state index in [4.69, 9.17) is 10.5 Å². The van der Waals surface area contributed by atoms with E-state index in [1.165, 1.54) is 44.6 Å². The van der Waals surface area contributed by atoms with E-state index in [2.05, 4.69) is 0 Å². The predicted molar refractivity (Wildman–Crippen MR) is 72.1 cm³/mol.